The third-order valence-corrected chi connectivity index (χ3v) is 5.37. The van der Waals surface area contributed by atoms with Gasteiger partial charge in [0.15, 0.2) is 12.4 Å². The van der Waals surface area contributed by atoms with E-state index in [1.165, 1.54) is 19.3 Å². The second kappa shape index (κ2) is 10.1. The average Bonchev–Trinajstić information content (AvgIpc) is 2.72. The molecule has 0 aromatic heterocycles. The predicted octanol–water partition coefficient (Wildman–Crippen LogP) is 3.56. The van der Waals surface area contributed by atoms with Gasteiger partial charge in [-0.05, 0) is 62.5 Å². The Bertz CT molecular complexity index is 873. The van der Waals surface area contributed by atoms with Gasteiger partial charge in [-0.1, -0.05) is 48.0 Å². The lowest BCUT2D eigenvalue weighted by atomic mass is 10.0. The summed E-state index contributed by atoms with van der Waals surface area (Å²) >= 11 is 0. The van der Waals surface area contributed by atoms with Crippen molar-refractivity contribution in [1.29, 1.82) is 0 Å². The molecule has 1 aliphatic heterocycles. The number of rotatable bonds is 7. The van der Waals surface area contributed by atoms with Crippen LogP contribution in [-0.4, -0.2) is 36.3 Å². The number of likely N-dealkylation sites (tertiary alicyclic amines) is 1. The largest absolute Gasteiger partial charge is 0.384 e. The highest BCUT2D eigenvalue weighted by atomic mass is 16.6. The molecule has 2 aromatic carbocycles. The maximum absolute atomic E-state index is 12.2. The predicted molar refractivity (Wildman–Crippen MR) is 117 cm³/mol. The summed E-state index contributed by atoms with van der Waals surface area (Å²) in [6, 6.07) is 13.7. The fraction of sp³-hybridized carbons (Fsp3) is 0.391. The lowest BCUT2D eigenvalue weighted by molar-refractivity contribution is -0.120. The molecule has 0 bridgehead atoms. The molecule has 3 rings (SSSR count). The molecule has 1 amide bonds. The molecule has 1 aliphatic rings. The first-order chi connectivity index (χ1) is 14.0. The molecule has 0 radical (unpaired) electrons. The second-order valence-corrected chi connectivity index (χ2v) is 7.54. The minimum absolute atomic E-state index is 0.192. The van der Waals surface area contributed by atoms with Gasteiger partial charge in [-0.3, -0.25) is 9.69 Å². The summed E-state index contributed by atoms with van der Waals surface area (Å²) < 4.78 is 0. The van der Waals surface area contributed by atoms with Crippen molar-refractivity contribution in [3.8, 4) is 0 Å². The van der Waals surface area contributed by atoms with Crippen LogP contribution in [0.5, 0.6) is 0 Å². The Morgan fingerprint density at radius 3 is 2.66 bits per heavy atom. The summed E-state index contributed by atoms with van der Waals surface area (Å²) in [5.74, 6) is 0.0222. The Morgan fingerprint density at radius 2 is 1.86 bits per heavy atom. The molecule has 1 fully saturated rings. The van der Waals surface area contributed by atoms with Crippen molar-refractivity contribution < 1.29 is 9.63 Å². The summed E-state index contributed by atoms with van der Waals surface area (Å²) in [7, 11) is 0. The summed E-state index contributed by atoms with van der Waals surface area (Å²) in [5.41, 5.74) is 11.1. The van der Waals surface area contributed by atoms with E-state index in [0.717, 1.165) is 47.6 Å². The smallest absolute Gasteiger partial charge is 0.265 e. The van der Waals surface area contributed by atoms with E-state index in [1.54, 1.807) is 0 Å². The van der Waals surface area contributed by atoms with Crippen LogP contribution >= 0.6 is 0 Å². The first-order valence-corrected chi connectivity index (χ1v) is 10.2. The molecule has 29 heavy (non-hydrogen) atoms. The normalized spacial score (nSPS) is 15.2. The van der Waals surface area contributed by atoms with Gasteiger partial charge in [0.1, 0.15) is 0 Å². The topological polar surface area (TPSA) is 79.9 Å². The van der Waals surface area contributed by atoms with Gasteiger partial charge in [0, 0.05) is 17.8 Å². The number of oxime groups is 1. The SMILES string of the molecule is Cc1cccc(NC(=O)CO/N=C(/N)c2ccccc2CN2CCCCC2)c1C. The van der Waals surface area contributed by atoms with E-state index in [4.69, 9.17) is 10.6 Å². The van der Waals surface area contributed by atoms with Crippen LogP contribution in [0.3, 0.4) is 0 Å². The molecule has 0 unspecified atom stereocenters. The number of carbonyl (C=O) groups is 1. The highest BCUT2D eigenvalue weighted by Gasteiger charge is 2.14. The van der Waals surface area contributed by atoms with Crippen molar-refractivity contribution in [3.63, 3.8) is 0 Å². The number of aryl methyl sites for hydroxylation is 1. The zero-order chi connectivity index (χ0) is 20.6. The number of amides is 1. The summed E-state index contributed by atoms with van der Waals surface area (Å²) in [4.78, 5) is 19.8. The van der Waals surface area contributed by atoms with Gasteiger partial charge < -0.3 is 15.9 Å². The number of amidine groups is 1. The quantitative estimate of drug-likeness (QED) is 0.427. The minimum atomic E-state index is -0.267. The van der Waals surface area contributed by atoms with E-state index in [0.29, 0.717) is 0 Å². The van der Waals surface area contributed by atoms with E-state index in [2.05, 4.69) is 21.4 Å². The van der Waals surface area contributed by atoms with Crippen LogP contribution in [0.2, 0.25) is 0 Å². The van der Waals surface area contributed by atoms with Gasteiger partial charge >= 0.3 is 0 Å². The van der Waals surface area contributed by atoms with E-state index >= 15 is 0 Å². The van der Waals surface area contributed by atoms with Gasteiger partial charge in [0.25, 0.3) is 5.91 Å². The molecule has 3 N–H and O–H groups in total. The van der Waals surface area contributed by atoms with Gasteiger partial charge in [0.05, 0.1) is 0 Å². The van der Waals surface area contributed by atoms with E-state index in [1.807, 2.05) is 50.2 Å². The van der Waals surface area contributed by atoms with Crippen LogP contribution in [0.15, 0.2) is 47.6 Å². The first-order valence-electron chi connectivity index (χ1n) is 10.2. The lowest BCUT2D eigenvalue weighted by Crippen LogP contribution is -2.30. The first kappa shape index (κ1) is 20.9. The lowest BCUT2D eigenvalue weighted by Gasteiger charge is -2.27. The molecule has 0 aliphatic carbocycles. The number of piperidine rings is 1. The number of hydrogen-bond acceptors (Lipinski definition) is 4. The highest BCUT2D eigenvalue weighted by Crippen LogP contribution is 2.18. The van der Waals surface area contributed by atoms with Crippen LogP contribution < -0.4 is 11.1 Å². The van der Waals surface area contributed by atoms with Crippen LogP contribution in [0, 0.1) is 13.8 Å². The number of nitrogens with one attached hydrogen (secondary N) is 1. The number of benzene rings is 2. The Kier molecular flexibility index (Phi) is 7.25. The maximum atomic E-state index is 12.2. The number of anilines is 1. The zero-order valence-electron chi connectivity index (χ0n) is 17.3. The number of nitrogens with two attached hydrogens (primary N) is 1. The minimum Gasteiger partial charge on any atom is -0.384 e. The molecular formula is C23H30N4O2. The molecule has 2 aromatic rings. The van der Waals surface area contributed by atoms with Gasteiger partial charge in [-0.15, -0.1) is 0 Å². The van der Waals surface area contributed by atoms with Crippen molar-refractivity contribution in [3.05, 3.63) is 64.7 Å². The van der Waals surface area contributed by atoms with Crippen molar-refractivity contribution in [2.45, 2.75) is 39.7 Å². The highest BCUT2D eigenvalue weighted by molar-refractivity contribution is 5.98. The van der Waals surface area contributed by atoms with Gasteiger partial charge in [0.2, 0.25) is 0 Å². The molecule has 6 heteroatoms. The standard InChI is InChI=1S/C23H30N4O2/c1-17-9-8-12-21(18(17)2)25-22(28)16-29-26-23(24)20-11-5-4-10-19(20)15-27-13-6-3-7-14-27/h4-5,8-12H,3,6-7,13-16H2,1-2H3,(H2,24,26)(H,25,28). The fourth-order valence-corrected chi connectivity index (χ4v) is 3.55. The molecular weight excluding hydrogens is 364 g/mol. The Morgan fingerprint density at radius 1 is 1.10 bits per heavy atom. The fourth-order valence-electron chi connectivity index (χ4n) is 3.55. The average molecular weight is 395 g/mol. The summed E-state index contributed by atoms with van der Waals surface area (Å²) in [5, 5.41) is 6.83. The Labute approximate surface area is 172 Å². The molecule has 0 spiro atoms. The van der Waals surface area contributed by atoms with E-state index < -0.39 is 0 Å². The second-order valence-electron chi connectivity index (χ2n) is 7.54. The third-order valence-electron chi connectivity index (χ3n) is 5.37. The van der Waals surface area contributed by atoms with Crippen molar-refractivity contribution in [1.82, 2.24) is 4.90 Å². The van der Waals surface area contributed by atoms with Crippen molar-refractivity contribution >= 4 is 17.4 Å². The third kappa shape index (κ3) is 5.81. The van der Waals surface area contributed by atoms with Crippen molar-refractivity contribution in [2.75, 3.05) is 25.0 Å². The van der Waals surface area contributed by atoms with Crippen molar-refractivity contribution in [2.24, 2.45) is 10.9 Å². The van der Waals surface area contributed by atoms with E-state index in [-0.39, 0.29) is 18.3 Å². The number of carbonyl (C=O) groups excluding carboxylic acids is 1. The van der Waals surface area contributed by atoms with Crippen LogP contribution in [0.4, 0.5) is 5.69 Å². The molecule has 154 valence electrons. The summed E-state index contributed by atoms with van der Waals surface area (Å²) in [6.07, 6.45) is 3.79. The molecule has 0 atom stereocenters. The molecule has 1 heterocycles. The van der Waals surface area contributed by atoms with Gasteiger partial charge in [-0.2, -0.15) is 0 Å². The maximum Gasteiger partial charge on any atom is 0.265 e. The Hall–Kier alpha value is -2.86. The van der Waals surface area contributed by atoms with Crippen LogP contribution in [0.1, 0.15) is 41.5 Å². The monoisotopic (exact) mass is 394 g/mol. The van der Waals surface area contributed by atoms with Crippen LogP contribution in [0.25, 0.3) is 0 Å². The zero-order valence-corrected chi connectivity index (χ0v) is 17.3. The Balaban J connectivity index is 1.58. The molecule has 0 saturated carbocycles. The summed E-state index contributed by atoms with van der Waals surface area (Å²) in [6.45, 7) is 6.86. The van der Waals surface area contributed by atoms with Crippen LogP contribution in [-0.2, 0) is 16.2 Å². The van der Waals surface area contributed by atoms with Gasteiger partial charge in [-0.25, -0.2) is 0 Å². The number of nitrogens with zero attached hydrogens (tertiary/aromatic N) is 2. The van der Waals surface area contributed by atoms with E-state index in [9.17, 15) is 4.79 Å². The number of hydrogen-bond donors (Lipinski definition) is 2. The molecule has 1 saturated heterocycles. The molecule has 6 nitrogen and oxygen atoms in total.